The number of hydrogen-bond donors (Lipinski definition) is 1. The Morgan fingerprint density at radius 1 is 1.50 bits per heavy atom. The van der Waals surface area contributed by atoms with Crippen LogP contribution in [0.4, 0.5) is 0 Å². The topological polar surface area (TPSA) is 54.4 Å². The number of rotatable bonds is 3. The molecule has 0 radical (unpaired) electrons. The maximum atomic E-state index is 10.8. The molecular weight excluding hydrogens is 180 g/mol. The van der Waals surface area contributed by atoms with Crippen molar-refractivity contribution in [1.82, 2.24) is 0 Å². The molecule has 0 aliphatic rings. The summed E-state index contributed by atoms with van der Waals surface area (Å²) in [4.78, 5) is 21.4. The molecule has 0 spiro atoms. The van der Waals surface area contributed by atoms with Gasteiger partial charge in [0.05, 0.1) is 5.92 Å². The number of aldehydes is 1. The average Bonchev–Trinajstić information content (AvgIpc) is 2.17. The van der Waals surface area contributed by atoms with Gasteiger partial charge in [-0.1, -0.05) is 18.2 Å². The fourth-order valence-electron chi connectivity index (χ4n) is 1.40. The van der Waals surface area contributed by atoms with Gasteiger partial charge in [0.15, 0.2) is 0 Å². The summed E-state index contributed by atoms with van der Waals surface area (Å²) < 4.78 is 0. The van der Waals surface area contributed by atoms with Crippen LogP contribution >= 0.6 is 0 Å². The molecule has 74 valence electrons. The van der Waals surface area contributed by atoms with Gasteiger partial charge in [-0.2, -0.15) is 0 Å². The van der Waals surface area contributed by atoms with Crippen LogP contribution in [0.3, 0.4) is 0 Å². The predicted molar refractivity (Wildman–Crippen MR) is 52.6 cm³/mol. The molecule has 1 rings (SSSR count). The van der Waals surface area contributed by atoms with Crippen molar-refractivity contribution < 1.29 is 14.7 Å². The summed E-state index contributed by atoms with van der Waals surface area (Å²) >= 11 is 0. The molecule has 1 aromatic carbocycles. The van der Waals surface area contributed by atoms with E-state index in [-0.39, 0.29) is 0 Å². The lowest BCUT2D eigenvalue weighted by Crippen LogP contribution is -2.09. The van der Waals surface area contributed by atoms with Gasteiger partial charge in [0, 0.05) is 5.56 Å². The van der Waals surface area contributed by atoms with Crippen molar-refractivity contribution >= 4 is 12.3 Å². The Labute approximate surface area is 82.4 Å². The highest BCUT2D eigenvalue weighted by atomic mass is 16.4. The highest BCUT2D eigenvalue weighted by Gasteiger charge is 2.16. The summed E-state index contributed by atoms with van der Waals surface area (Å²) in [5.74, 6) is -1.45. The van der Waals surface area contributed by atoms with E-state index in [1.54, 1.807) is 32.0 Å². The third-order valence-corrected chi connectivity index (χ3v) is 2.38. The minimum absolute atomic E-state index is 0.551. The molecule has 1 unspecified atom stereocenters. The van der Waals surface area contributed by atoms with Crippen molar-refractivity contribution in [1.29, 1.82) is 0 Å². The smallest absolute Gasteiger partial charge is 0.310 e. The molecule has 0 amide bonds. The van der Waals surface area contributed by atoms with Gasteiger partial charge in [0.25, 0.3) is 0 Å². The Morgan fingerprint density at radius 2 is 2.14 bits per heavy atom. The van der Waals surface area contributed by atoms with Gasteiger partial charge < -0.3 is 5.11 Å². The molecule has 1 atom stereocenters. The lowest BCUT2D eigenvalue weighted by Gasteiger charge is -2.11. The van der Waals surface area contributed by atoms with E-state index in [2.05, 4.69) is 0 Å². The number of carbonyl (C=O) groups excluding carboxylic acids is 1. The van der Waals surface area contributed by atoms with Gasteiger partial charge in [-0.15, -0.1) is 0 Å². The second-order valence-electron chi connectivity index (χ2n) is 3.24. The maximum absolute atomic E-state index is 10.8. The summed E-state index contributed by atoms with van der Waals surface area (Å²) in [7, 11) is 0. The summed E-state index contributed by atoms with van der Waals surface area (Å²) in [6.45, 7) is 3.37. The Bertz CT molecular complexity index is 369. The molecule has 0 heterocycles. The summed E-state index contributed by atoms with van der Waals surface area (Å²) in [5.41, 5.74) is 2.00. The number of carboxylic acid groups (broad SMARTS) is 1. The molecule has 0 aliphatic carbocycles. The van der Waals surface area contributed by atoms with Gasteiger partial charge in [0.2, 0.25) is 0 Å². The number of carboxylic acids is 1. The van der Waals surface area contributed by atoms with Gasteiger partial charge in [-0.3, -0.25) is 9.59 Å². The fourth-order valence-corrected chi connectivity index (χ4v) is 1.40. The molecule has 3 heteroatoms. The number of hydrogen-bond acceptors (Lipinski definition) is 2. The van der Waals surface area contributed by atoms with Crippen molar-refractivity contribution in [2.24, 2.45) is 0 Å². The second kappa shape index (κ2) is 4.05. The van der Waals surface area contributed by atoms with Crippen molar-refractivity contribution in [3.63, 3.8) is 0 Å². The molecule has 0 saturated carbocycles. The number of aliphatic carboxylic acids is 1. The summed E-state index contributed by atoms with van der Waals surface area (Å²) in [6, 6.07) is 5.12. The normalized spacial score (nSPS) is 12.1. The summed E-state index contributed by atoms with van der Waals surface area (Å²) in [5, 5.41) is 8.84. The fraction of sp³-hybridized carbons (Fsp3) is 0.273. The van der Waals surface area contributed by atoms with E-state index in [0.29, 0.717) is 11.1 Å². The van der Waals surface area contributed by atoms with Crippen LogP contribution in [0.25, 0.3) is 0 Å². The first-order chi connectivity index (χ1) is 6.57. The van der Waals surface area contributed by atoms with Crippen LogP contribution < -0.4 is 0 Å². The lowest BCUT2D eigenvalue weighted by molar-refractivity contribution is -0.138. The van der Waals surface area contributed by atoms with E-state index >= 15 is 0 Å². The molecule has 1 aromatic rings. The minimum Gasteiger partial charge on any atom is -0.481 e. The summed E-state index contributed by atoms with van der Waals surface area (Å²) in [6.07, 6.45) is 0.743. The van der Waals surface area contributed by atoms with Crippen LogP contribution in [0.1, 0.15) is 34.3 Å². The lowest BCUT2D eigenvalue weighted by atomic mass is 9.94. The molecule has 0 saturated heterocycles. The van der Waals surface area contributed by atoms with Crippen molar-refractivity contribution in [2.45, 2.75) is 19.8 Å². The monoisotopic (exact) mass is 192 g/mol. The van der Waals surface area contributed by atoms with Crippen LogP contribution in [-0.4, -0.2) is 17.4 Å². The van der Waals surface area contributed by atoms with Crippen LogP contribution in [0.2, 0.25) is 0 Å². The quantitative estimate of drug-likeness (QED) is 0.745. The highest BCUT2D eigenvalue weighted by molar-refractivity contribution is 5.81. The van der Waals surface area contributed by atoms with E-state index in [1.807, 2.05) is 0 Å². The van der Waals surface area contributed by atoms with Crippen LogP contribution in [-0.2, 0) is 4.79 Å². The highest BCUT2D eigenvalue weighted by Crippen LogP contribution is 2.21. The largest absolute Gasteiger partial charge is 0.481 e. The Hall–Kier alpha value is -1.64. The first kappa shape index (κ1) is 10.4. The molecular formula is C11H12O3. The Balaban J connectivity index is 3.21. The molecule has 0 bridgehead atoms. The van der Waals surface area contributed by atoms with E-state index in [1.165, 1.54) is 0 Å². The van der Waals surface area contributed by atoms with E-state index < -0.39 is 11.9 Å². The Kier molecular flexibility index (Phi) is 3.02. The van der Waals surface area contributed by atoms with E-state index in [0.717, 1.165) is 11.8 Å². The van der Waals surface area contributed by atoms with Crippen LogP contribution in [0, 0.1) is 6.92 Å². The first-order valence-electron chi connectivity index (χ1n) is 4.35. The van der Waals surface area contributed by atoms with E-state index in [9.17, 15) is 9.59 Å². The average molecular weight is 192 g/mol. The third-order valence-electron chi connectivity index (χ3n) is 2.38. The molecule has 0 aromatic heterocycles. The zero-order valence-corrected chi connectivity index (χ0v) is 8.15. The second-order valence-corrected chi connectivity index (χ2v) is 3.24. The minimum atomic E-state index is -0.879. The van der Waals surface area contributed by atoms with Gasteiger partial charge in [-0.25, -0.2) is 0 Å². The zero-order valence-electron chi connectivity index (χ0n) is 8.15. The number of benzene rings is 1. The maximum Gasteiger partial charge on any atom is 0.310 e. The van der Waals surface area contributed by atoms with Crippen molar-refractivity contribution in [3.8, 4) is 0 Å². The van der Waals surface area contributed by atoms with Gasteiger partial charge >= 0.3 is 5.97 Å². The zero-order chi connectivity index (χ0) is 10.7. The van der Waals surface area contributed by atoms with Crippen LogP contribution in [0.5, 0.6) is 0 Å². The van der Waals surface area contributed by atoms with E-state index in [4.69, 9.17) is 5.11 Å². The molecule has 3 nitrogen and oxygen atoms in total. The third kappa shape index (κ3) is 1.82. The molecule has 0 aliphatic heterocycles. The standard InChI is InChI=1S/C11H12O3/c1-7-9(6-12)4-3-5-10(7)8(2)11(13)14/h3-6,8H,1-2H3,(H,13,14). The predicted octanol–water partition coefficient (Wildman–Crippen LogP) is 2.00. The Morgan fingerprint density at radius 3 is 2.64 bits per heavy atom. The number of carbonyl (C=O) groups is 2. The van der Waals surface area contributed by atoms with Gasteiger partial charge in [-0.05, 0) is 25.0 Å². The van der Waals surface area contributed by atoms with Crippen LogP contribution in [0.15, 0.2) is 18.2 Å². The first-order valence-corrected chi connectivity index (χ1v) is 4.35. The molecule has 14 heavy (non-hydrogen) atoms. The van der Waals surface area contributed by atoms with Crippen molar-refractivity contribution in [3.05, 3.63) is 34.9 Å². The van der Waals surface area contributed by atoms with Crippen molar-refractivity contribution in [2.75, 3.05) is 0 Å². The molecule has 1 N–H and O–H groups in total. The SMILES string of the molecule is Cc1c(C=O)cccc1C(C)C(=O)O. The van der Waals surface area contributed by atoms with Gasteiger partial charge in [0.1, 0.15) is 6.29 Å². The molecule has 0 fully saturated rings.